The standard InChI is InChI=1S/C29H33N3O6/c1-4-38-16-18-14-23(36-2)25(24(15-18)37-3)19-11-9-17(10-12-19)13-22(29(34)35)32-28(33)27-26(30)20-7-5-6-8-21(20)31-27/h5-12,14,22,24,31H,4,13,15-16,30H2,1-3H3,(H,32,33)(H,34,35). The quantitative estimate of drug-likeness (QED) is 0.302. The highest BCUT2D eigenvalue weighted by Gasteiger charge is 2.27. The zero-order valence-corrected chi connectivity index (χ0v) is 21.7. The Morgan fingerprint density at radius 2 is 1.89 bits per heavy atom. The van der Waals surface area contributed by atoms with Crippen molar-refractivity contribution in [2.75, 3.05) is 33.2 Å². The SMILES string of the molecule is CCOCC1=CC(OC)=C(c2ccc(CC(NC(=O)c3[nH]c4ccccc4c3N)C(=O)O)cc2)C(OC)C1. The summed E-state index contributed by atoms with van der Waals surface area (Å²) in [5.41, 5.74) is 10.9. The highest BCUT2D eigenvalue weighted by Crippen LogP contribution is 2.34. The largest absolute Gasteiger partial charge is 0.496 e. The number of anilines is 1. The summed E-state index contributed by atoms with van der Waals surface area (Å²) in [6.45, 7) is 3.10. The fourth-order valence-corrected chi connectivity index (χ4v) is 4.68. The van der Waals surface area contributed by atoms with Crippen molar-refractivity contribution in [2.45, 2.75) is 31.9 Å². The van der Waals surface area contributed by atoms with E-state index in [2.05, 4.69) is 10.3 Å². The number of aromatic amines is 1. The number of fused-ring (bicyclic) bond motifs is 1. The van der Waals surface area contributed by atoms with E-state index >= 15 is 0 Å². The van der Waals surface area contributed by atoms with Crippen molar-refractivity contribution < 1.29 is 28.9 Å². The van der Waals surface area contributed by atoms with Crippen molar-refractivity contribution in [3.8, 4) is 0 Å². The van der Waals surface area contributed by atoms with E-state index in [1.165, 1.54) is 0 Å². The highest BCUT2D eigenvalue weighted by molar-refractivity contribution is 6.08. The van der Waals surface area contributed by atoms with Gasteiger partial charge >= 0.3 is 5.97 Å². The first-order valence-corrected chi connectivity index (χ1v) is 12.4. The molecular weight excluding hydrogens is 486 g/mol. The van der Waals surface area contributed by atoms with Crippen molar-refractivity contribution in [3.63, 3.8) is 0 Å². The Bertz CT molecular complexity index is 1370. The molecule has 200 valence electrons. The van der Waals surface area contributed by atoms with Crippen molar-refractivity contribution in [2.24, 2.45) is 0 Å². The Balaban J connectivity index is 1.52. The number of H-pyrrole nitrogens is 1. The molecule has 3 aromatic rings. The maximum Gasteiger partial charge on any atom is 0.326 e. The zero-order valence-electron chi connectivity index (χ0n) is 21.7. The Morgan fingerprint density at radius 1 is 1.16 bits per heavy atom. The van der Waals surface area contributed by atoms with E-state index in [0.717, 1.165) is 22.3 Å². The van der Waals surface area contributed by atoms with Crippen LogP contribution in [0.1, 0.15) is 35.0 Å². The van der Waals surface area contributed by atoms with Gasteiger partial charge in [-0.15, -0.1) is 0 Å². The summed E-state index contributed by atoms with van der Waals surface area (Å²) in [5, 5.41) is 13.1. The summed E-state index contributed by atoms with van der Waals surface area (Å²) in [7, 11) is 3.28. The van der Waals surface area contributed by atoms with E-state index in [-0.39, 0.29) is 23.9 Å². The van der Waals surface area contributed by atoms with Gasteiger partial charge in [0.25, 0.3) is 5.91 Å². The van der Waals surface area contributed by atoms with Crippen molar-refractivity contribution in [1.29, 1.82) is 0 Å². The topological polar surface area (TPSA) is 136 Å². The number of benzene rings is 2. The second kappa shape index (κ2) is 12.0. The van der Waals surface area contributed by atoms with E-state index < -0.39 is 17.9 Å². The molecule has 2 atom stereocenters. The highest BCUT2D eigenvalue weighted by atomic mass is 16.5. The third-order valence-corrected chi connectivity index (χ3v) is 6.65. The fourth-order valence-electron chi connectivity index (χ4n) is 4.68. The molecule has 5 N–H and O–H groups in total. The van der Waals surface area contributed by atoms with Gasteiger partial charge in [-0.1, -0.05) is 42.5 Å². The molecular formula is C29H33N3O6. The molecule has 1 aliphatic rings. The van der Waals surface area contributed by atoms with Crippen LogP contribution in [0.4, 0.5) is 5.69 Å². The number of methoxy groups -OCH3 is 2. The van der Waals surface area contributed by atoms with Crippen LogP contribution in [-0.2, 0) is 25.4 Å². The Hall–Kier alpha value is -4.08. The number of amides is 1. The summed E-state index contributed by atoms with van der Waals surface area (Å²) in [6.07, 6.45) is 2.57. The van der Waals surface area contributed by atoms with Crippen LogP contribution in [0, 0.1) is 0 Å². The van der Waals surface area contributed by atoms with Gasteiger partial charge in [-0.2, -0.15) is 0 Å². The van der Waals surface area contributed by atoms with Gasteiger partial charge in [0, 0.05) is 43.0 Å². The number of carbonyl (C=O) groups is 2. The minimum absolute atomic E-state index is 0.101. The first-order chi connectivity index (χ1) is 18.4. The number of carboxylic acid groups (broad SMARTS) is 1. The van der Waals surface area contributed by atoms with Gasteiger partial charge in [0.15, 0.2) is 0 Å². The van der Waals surface area contributed by atoms with Crippen LogP contribution in [0.5, 0.6) is 0 Å². The Kier molecular flexibility index (Phi) is 8.50. The fraction of sp³-hybridized carbons (Fsp3) is 0.310. The number of hydrogen-bond donors (Lipinski definition) is 4. The molecule has 1 heterocycles. The first-order valence-electron chi connectivity index (χ1n) is 12.4. The number of carboxylic acids is 1. The molecule has 1 aromatic heterocycles. The van der Waals surface area contributed by atoms with Gasteiger partial charge in [-0.3, -0.25) is 4.79 Å². The average molecular weight is 520 g/mol. The maximum atomic E-state index is 12.9. The molecule has 2 aromatic carbocycles. The van der Waals surface area contributed by atoms with E-state index in [1.54, 1.807) is 26.4 Å². The number of allylic oxidation sites excluding steroid dienone is 1. The van der Waals surface area contributed by atoms with Gasteiger partial charge in [0.05, 0.1) is 25.5 Å². The predicted molar refractivity (Wildman–Crippen MR) is 146 cm³/mol. The van der Waals surface area contributed by atoms with Gasteiger partial charge in [0.2, 0.25) is 0 Å². The van der Waals surface area contributed by atoms with Crippen LogP contribution < -0.4 is 11.1 Å². The van der Waals surface area contributed by atoms with Crippen molar-refractivity contribution in [3.05, 3.63) is 82.8 Å². The van der Waals surface area contributed by atoms with Crippen LogP contribution in [0.2, 0.25) is 0 Å². The predicted octanol–water partition coefficient (Wildman–Crippen LogP) is 3.91. The second-order valence-corrected chi connectivity index (χ2v) is 9.07. The van der Waals surface area contributed by atoms with E-state index in [9.17, 15) is 14.7 Å². The normalized spacial score (nSPS) is 16.3. The van der Waals surface area contributed by atoms with Crippen molar-refractivity contribution in [1.82, 2.24) is 10.3 Å². The summed E-state index contributed by atoms with van der Waals surface area (Å²) >= 11 is 0. The number of aromatic nitrogens is 1. The molecule has 0 bridgehead atoms. The molecule has 1 amide bonds. The minimum Gasteiger partial charge on any atom is -0.496 e. The monoisotopic (exact) mass is 519 g/mol. The van der Waals surface area contributed by atoms with Crippen LogP contribution in [0.25, 0.3) is 16.5 Å². The van der Waals surface area contributed by atoms with E-state index in [4.69, 9.17) is 19.9 Å². The summed E-state index contributed by atoms with van der Waals surface area (Å²) in [5.74, 6) is -1.00. The lowest BCUT2D eigenvalue weighted by molar-refractivity contribution is -0.139. The number of aliphatic carboxylic acids is 1. The number of nitrogen functional groups attached to an aromatic ring is 1. The molecule has 9 nitrogen and oxygen atoms in total. The summed E-state index contributed by atoms with van der Waals surface area (Å²) in [6, 6.07) is 13.6. The molecule has 0 saturated carbocycles. The van der Waals surface area contributed by atoms with Crippen LogP contribution in [0.15, 0.2) is 65.9 Å². The molecule has 0 aliphatic heterocycles. The third-order valence-electron chi connectivity index (χ3n) is 6.65. The molecule has 0 saturated heterocycles. The lowest BCUT2D eigenvalue weighted by Gasteiger charge is -2.27. The molecule has 2 unspecified atom stereocenters. The van der Waals surface area contributed by atoms with Crippen LogP contribution in [-0.4, -0.2) is 61.5 Å². The second-order valence-electron chi connectivity index (χ2n) is 9.07. The summed E-state index contributed by atoms with van der Waals surface area (Å²) < 4.78 is 17.0. The number of nitrogens with one attached hydrogen (secondary N) is 2. The zero-order chi connectivity index (χ0) is 27.2. The van der Waals surface area contributed by atoms with Gasteiger partial charge in [-0.05, 0) is 35.8 Å². The lowest BCUT2D eigenvalue weighted by Crippen LogP contribution is -2.42. The number of carbonyl (C=O) groups excluding carboxylic acids is 1. The van der Waals surface area contributed by atoms with E-state index in [0.29, 0.717) is 36.3 Å². The third kappa shape index (κ3) is 5.74. The lowest BCUT2D eigenvalue weighted by atomic mass is 9.88. The Labute approximate surface area is 221 Å². The first kappa shape index (κ1) is 27.0. The molecule has 9 heteroatoms. The molecule has 4 rings (SSSR count). The number of ether oxygens (including phenoxy) is 3. The van der Waals surface area contributed by atoms with Crippen molar-refractivity contribution >= 4 is 34.0 Å². The van der Waals surface area contributed by atoms with Gasteiger partial charge in [0.1, 0.15) is 17.5 Å². The van der Waals surface area contributed by atoms with E-state index in [1.807, 2.05) is 49.4 Å². The maximum absolute atomic E-state index is 12.9. The average Bonchev–Trinajstić information content (AvgIpc) is 3.27. The summed E-state index contributed by atoms with van der Waals surface area (Å²) in [4.78, 5) is 27.9. The molecule has 38 heavy (non-hydrogen) atoms. The minimum atomic E-state index is -1.14. The number of para-hydroxylation sites is 1. The molecule has 0 radical (unpaired) electrons. The Morgan fingerprint density at radius 3 is 2.53 bits per heavy atom. The van der Waals surface area contributed by atoms with Crippen LogP contribution in [0.3, 0.4) is 0 Å². The number of hydrogen-bond acceptors (Lipinski definition) is 6. The van der Waals surface area contributed by atoms with Gasteiger partial charge < -0.3 is 35.4 Å². The smallest absolute Gasteiger partial charge is 0.326 e. The number of rotatable bonds is 11. The van der Waals surface area contributed by atoms with Crippen LogP contribution >= 0.6 is 0 Å². The molecule has 0 spiro atoms. The number of nitrogens with two attached hydrogens (primary N) is 1. The van der Waals surface area contributed by atoms with Gasteiger partial charge in [-0.25, -0.2) is 4.79 Å². The molecule has 0 fully saturated rings. The molecule has 1 aliphatic carbocycles.